The number of nitrogens with one attached hydrogen (secondary N) is 1. The van der Waals surface area contributed by atoms with Crippen LogP contribution in [0.3, 0.4) is 0 Å². The van der Waals surface area contributed by atoms with Crippen LogP contribution in [0.2, 0.25) is 15.1 Å². The van der Waals surface area contributed by atoms with E-state index in [-0.39, 0.29) is 6.54 Å². The highest BCUT2D eigenvalue weighted by Gasteiger charge is 2.24. The molecule has 1 amide bonds. The number of thioether (sulfide) groups is 1. The molecule has 37 heavy (non-hydrogen) atoms. The molecular formula is C26H23Cl3N4O3S. The van der Waals surface area contributed by atoms with Crippen molar-refractivity contribution in [3.8, 4) is 22.5 Å². The van der Waals surface area contributed by atoms with E-state index >= 15 is 0 Å². The Hall–Kier alpha value is -2.59. The fraction of sp³-hybridized carbons (Fsp3) is 0.192. The van der Waals surface area contributed by atoms with E-state index in [9.17, 15) is 15.0 Å². The van der Waals surface area contributed by atoms with Crippen molar-refractivity contribution in [3.05, 3.63) is 87.4 Å². The molecule has 0 bridgehead atoms. The van der Waals surface area contributed by atoms with E-state index in [1.165, 1.54) is 4.80 Å². The Balaban J connectivity index is 1.58. The number of nitrogens with zero attached hydrogens (tertiary/aromatic N) is 3. The second kappa shape index (κ2) is 12.3. The summed E-state index contributed by atoms with van der Waals surface area (Å²) in [6.07, 6.45) is 0.861. The largest absolute Gasteiger partial charge is 0.394 e. The number of hydrogen-bond donors (Lipinski definition) is 3. The van der Waals surface area contributed by atoms with Crippen molar-refractivity contribution in [2.24, 2.45) is 0 Å². The summed E-state index contributed by atoms with van der Waals surface area (Å²) in [6, 6.07) is 18.4. The van der Waals surface area contributed by atoms with E-state index < -0.39 is 24.7 Å². The fourth-order valence-corrected chi connectivity index (χ4v) is 4.75. The van der Waals surface area contributed by atoms with Crippen molar-refractivity contribution in [2.75, 3.05) is 12.9 Å². The van der Waals surface area contributed by atoms with Gasteiger partial charge in [0.05, 0.1) is 17.7 Å². The third-order valence-electron chi connectivity index (χ3n) is 5.63. The number of aliphatic hydroxyl groups excluding tert-OH is 2. The first kappa shape index (κ1) is 27.4. The first-order valence-corrected chi connectivity index (χ1v) is 13.5. The summed E-state index contributed by atoms with van der Waals surface area (Å²) < 4.78 is 0. The number of aromatic nitrogens is 3. The highest BCUT2D eigenvalue weighted by Crippen LogP contribution is 2.35. The lowest BCUT2D eigenvalue weighted by molar-refractivity contribution is -0.124. The lowest BCUT2D eigenvalue weighted by atomic mass is 10.0. The number of amides is 1. The van der Waals surface area contributed by atoms with E-state index in [4.69, 9.17) is 34.8 Å². The first-order chi connectivity index (χ1) is 17.8. The third-order valence-corrected chi connectivity index (χ3v) is 7.17. The van der Waals surface area contributed by atoms with Crippen LogP contribution in [0.4, 0.5) is 0 Å². The first-order valence-electron chi connectivity index (χ1n) is 11.2. The van der Waals surface area contributed by atoms with Crippen LogP contribution in [0.25, 0.3) is 22.5 Å². The van der Waals surface area contributed by atoms with E-state index in [1.54, 1.807) is 66.4 Å². The number of carbonyl (C=O) groups is 1. The van der Waals surface area contributed by atoms with Gasteiger partial charge in [0, 0.05) is 26.1 Å². The molecule has 7 nitrogen and oxygen atoms in total. The molecule has 0 saturated heterocycles. The maximum absolute atomic E-state index is 12.9. The Kier molecular flexibility index (Phi) is 9.13. The van der Waals surface area contributed by atoms with Gasteiger partial charge in [0.2, 0.25) is 5.91 Å². The van der Waals surface area contributed by atoms with Gasteiger partial charge in [-0.1, -0.05) is 59.1 Å². The van der Waals surface area contributed by atoms with Crippen LogP contribution < -0.4 is 5.32 Å². The molecule has 11 heteroatoms. The molecule has 0 saturated carbocycles. The van der Waals surface area contributed by atoms with Crippen LogP contribution in [-0.2, 0) is 11.3 Å². The molecule has 0 aliphatic rings. The van der Waals surface area contributed by atoms with E-state index in [0.29, 0.717) is 37.6 Å². The maximum atomic E-state index is 12.9. The molecular weight excluding hydrogens is 555 g/mol. The van der Waals surface area contributed by atoms with Crippen LogP contribution in [0.1, 0.15) is 11.7 Å². The number of rotatable bonds is 9. The average molecular weight is 578 g/mol. The Labute approximate surface area is 233 Å². The highest BCUT2D eigenvalue weighted by atomic mass is 35.5. The maximum Gasteiger partial charge on any atom is 0.244 e. The second-order valence-electron chi connectivity index (χ2n) is 8.13. The van der Waals surface area contributed by atoms with Gasteiger partial charge in [-0.2, -0.15) is 15.0 Å². The third kappa shape index (κ3) is 6.65. The SMILES string of the molecule is CSc1ccc([C@@H](O)[C@@H](CO)NC(=O)Cn2nc(-c3ccc(Cl)cc3)c(-c3ccc(Cl)cc3Cl)n2)cc1. The quantitative estimate of drug-likeness (QED) is 0.227. The minimum absolute atomic E-state index is 0.250. The summed E-state index contributed by atoms with van der Waals surface area (Å²) >= 11 is 20.1. The Morgan fingerprint density at radius 1 is 0.973 bits per heavy atom. The molecule has 1 heterocycles. The van der Waals surface area contributed by atoms with Crippen molar-refractivity contribution in [1.82, 2.24) is 20.3 Å². The fourth-order valence-electron chi connectivity index (χ4n) is 3.72. The zero-order valence-corrected chi connectivity index (χ0v) is 22.7. The number of halogens is 3. The molecule has 0 fully saturated rings. The molecule has 3 N–H and O–H groups in total. The molecule has 1 aromatic heterocycles. The van der Waals surface area contributed by atoms with Gasteiger partial charge >= 0.3 is 0 Å². The predicted octanol–water partition coefficient (Wildman–Crippen LogP) is 5.50. The Morgan fingerprint density at radius 2 is 1.62 bits per heavy atom. The van der Waals surface area contributed by atoms with E-state index in [1.807, 2.05) is 18.4 Å². The number of benzene rings is 3. The molecule has 0 unspecified atom stereocenters. The zero-order chi connectivity index (χ0) is 26.5. The van der Waals surface area contributed by atoms with Crippen molar-refractivity contribution in [3.63, 3.8) is 0 Å². The van der Waals surface area contributed by atoms with Crippen LogP contribution in [-0.4, -0.2) is 50.0 Å². The molecule has 0 aliphatic carbocycles. The Bertz CT molecular complexity index is 1380. The molecule has 4 rings (SSSR count). The van der Waals surface area contributed by atoms with E-state index in [2.05, 4.69) is 15.5 Å². The standard InChI is InChI=1S/C26H23Cl3N4O3S/c1-37-19-9-4-16(5-10-19)26(36)22(14-34)30-23(35)13-33-31-24(15-2-6-17(27)7-3-15)25(32-33)20-11-8-18(28)12-21(20)29/h2-12,22,26,34,36H,13-14H2,1H3,(H,30,35)/t22-,26-/m1/s1. The number of hydrogen-bond acceptors (Lipinski definition) is 6. The second-order valence-corrected chi connectivity index (χ2v) is 10.3. The summed E-state index contributed by atoms with van der Waals surface area (Å²) in [5, 5.41) is 33.7. The van der Waals surface area contributed by atoms with Gasteiger partial charge < -0.3 is 15.5 Å². The average Bonchev–Trinajstić information content (AvgIpc) is 3.30. The van der Waals surface area contributed by atoms with Gasteiger partial charge in [-0.3, -0.25) is 4.79 Å². The molecule has 0 aliphatic heterocycles. The monoisotopic (exact) mass is 576 g/mol. The zero-order valence-electron chi connectivity index (χ0n) is 19.6. The van der Waals surface area contributed by atoms with Gasteiger partial charge in [0.15, 0.2) is 0 Å². The molecule has 2 atom stereocenters. The van der Waals surface area contributed by atoms with Gasteiger partial charge in [0.1, 0.15) is 24.0 Å². The summed E-state index contributed by atoms with van der Waals surface area (Å²) in [7, 11) is 0. The molecule has 3 aromatic carbocycles. The number of aliphatic hydroxyl groups is 2. The molecule has 4 aromatic rings. The molecule has 192 valence electrons. The normalized spacial score (nSPS) is 12.8. The smallest absolute Gasteiger partial charge is 0.244 e. The van der Waals surface area contributed by atoms with E-state index in [0.717, 1.165) is 10.5 Å². The van der Waals surface area contributed by atoms with Crippen LogP contribution >= 0.6 is 46.6 Å². The Morgan fingerprint density at radius 3 is 2.24 bits per heavy atom. The van der Waals surface area contributed by atoms with Gasteiger partial charge in [-0.25, -0.2) is 0 Å². The summed E-state index contributed by atoms with van der Waals surface area (Å²) in [6.45, 7) is -0.703. The number of carbonyl (C=O) groups excluding carboxylic acids is 1. The van der Waals surface area contributed by atoms with Crippen LogP contribution in [0, 0.1) is 0 Å². The minimum Gasteiger partial charge on any atom is -0.394 e. The van der Waals surface area contributed by atoms with Crippen molar-refractivity contribution in [1.29, 1.82) is 0 Å². The lowest BCUT2D eigenvalue weighted by Crippen LogP contribution is -2.43. The van der Waals surface area contributed by atoms with Crippen LogP contribution in [0.5, 0.6) is 0 Å². The lowest BCUT2D eigenvalue weighted by Gasteiger charge is -2.22. The minimum atomic E-state index is -1.09. The van der Waals surface area contributed by atoms with Crippen molar-refractivity contribution >= 4 is 52.5 Å². The van der Waals surface area contributed by atoms with Gasteiger partial charge in [0.25, 0.3) is 0 Å². The summed E-state index contributed by atoms with van der Waals surface area (Å²) in [5.74, 6) is -0.481. The van der Waals surface area contributed by atoms with Crippen molar-refractivity contribution < 1.29 is 15.0 Å². The van der Waals surface area contributed by atoms with Crippen molar-refractivity contribution in [2.45, 2.75) is 23.6 Å². The summed E-state index contributed by atoms with van der Waals surface area (Å²) in [5.41, 5.74) is 2.87. The van der Waals surface area contributed by atoms with Gasteiger partial charge in [-0.15, -0.1) is 11.8 Å². The van der Waals surface area contributed by atoms with Crippen LogP contribution in [0.15, 0.2) is 71.6 Å². The molecule has 0 spiro atoms. The molecule has 0 radical (unpaired) electrons. The summed E-state index contributed by atoms with van der Waals surface area (Å²) in [4.78, 5) is 15.2. The topological polar surface area (TPSA) is 100 Å². The van der Waals surface area contributed by atoms with Gasteiger partial charge in [-0.05, 0) is 54.3 Å². The highest BCUT2D eigenvalue weighted by molar-refractivity contribution is 7.98. The predicted molar refractivity (Wildman–Crippen MR) is 148 cm³/mol.